The van der Waals surface area contributed by atoms with Crippen LogP contribution in [0.25, 0.3) is 0 Å². The third kappa shape index (κ3) is 9.80. The fourth-order valence-electron chi connectivity index (χ4n) is 3.57. The molecule has 0 aliphatic rings. The number of rotatable bonds is 20. The van der Waals surface area contributed by atoms with Crippen LogP contribution in [0.4, 0.5) is 0 Å². The molecular formula is C20H46O6Si2. The molecule has 0 aromatic rings. The van der Waals surface area contributed by atoms with Crippen LogP contribution < -0.4 is 0 Å². The van der Waals surface area contributed by atoms with Gasteiger partial charge in [-0.25, -0.2) is 0 Å². The zero-order chi connectivity index (χ0) is 21.3. The van der Waals surface area contributed by atoms with Crippen LogP contribution in [0.3, 0.4) is 0 Å². The molecule has 0 saturated carbocycles. The molecule has 0 aliphatic carbocycles. The van der Waals surface area contributed by atoms with Crippen LogP contribution >= 0.6 is 0 Å². The van der Waals surface area contributed by atoms with Crippen molar-refractivity contribution in [3.63, 3.8) is 0 Å². The molecular weight excluding hydrogens is 392 g/mol. The number of hydrogen-bond donors (Lipinski definition) is 0. The van der Waals surface area contributed by atoms with Crippen molar-refractivity contribution in [2.45, 2.75) is 92.2 Å². The molecule has 0 aromatic heterocycles. The predicted octanol–water partition coefficient (Wildman–Crippen LogP) is 5.42. The Bertz CT molecular complexity index is 326. The van der Waals surface area contributed by atoms with E-state index in [0.29, 0.717) is 45.7 Å². The maximum absolute atomic E-state index is 6.26. The lowest BCUT2D eigenvalue weighted by Crippen LogP contribution is -2.55. The topological polar surface area (TPSA) is 55.4 Å². The second-order valence-electron chi connectivity index (χ2n) is 6.64. The summed E-state index contributed by atoms with van der Waals surface area (Å²) in [6.45, 7) is 17.7. The summed E-state index contributed by atoms with van der Waals surface area (Å²) in [7, 11) is -5.72. The zero-order valence-corrected chi connectivity index (χ0v) is 21.5. The lowest BCUT2D eigenvalue weighted by molar-refractivity contribution is 0.0473. The first-order valence-electron chi connectivity index (χ1n) is 11.4. The van der Waals surface area contributed by atoms with Gasteiger partial charge in [-0.15, -0.1) is 0 Å². The van der Waals surface area contributed by atoms with Crippen LogP contribution in [0.15, 0.2) is 0 Å². The molecule has 0 saturated heterocycles. The highest BCUT2D eigenvalue weighted by atomic mass is 28.4. The summed E-state index contributed by atoms with van der Waals surface area (Å²) in [5, 5.41) is 0. The van der Waals surface area contributed by atoms with Gasteiger partial charge in [-0.3, -0.25) is 0 Å². The Morgan fingerprint density at radius 1 is 0.536 bits per heavy atom. The second kappa shape index (κ2) is 16.9. The first kappa shape index (κ1) is 28.2. The third-order valence-corrected chi connectivity index (χ3v) is 11.7. The third-order valence-electron chi connectivity index (χ3n) is 4.53. The van der Waals surface area contributed by atoms with Crippen molar-refractivity contribution in [2.75, 3.05) is 39.6 Å². The molecule has 0 aromatic carbocycles. The molecule has 8 heteroatoms. The molecule has 1 unspecified atom stereocenters. The Kier molecular flexibility index (Phi) is 17.1. The van der Waals surface area contributed by atoms with Crippen LogP contribution in [-0.2, 0) is 26.6 Å². The Hall–Kier alpha value is 0.194. The van der Waals surface area contributed by atoms with Crippen molar-refractivity contribution >= 4 is 17.6 Å². The van der Waals surface area contributed by atoms with Gasteiger partial charge in [0, 0.05) is 51.2 Å². The van der Waals surface area contributed by atoms with E-state index < -0.39 is 17.6 Å². The fourth-order valence-corrected chi connectivity index (χ4v) is 10.8. The molecule has 0 spiro atoms. The van der Waals surface area contributed by atoms with Gasteiger partial charge in [0.15, 0.2) is 0 Å². The van der Waals surface area contributed by atoms with E-state index in [1.807, 2.05) is 41.5 Å². The first-order valence-corrected chi connectivity index (χ1v) is 15.1. The smallest absolute Gasteiger partial charge is 0.374 e. The molecule has 0 fully saturated rings. The molecule has 0 rings (SSSR count). The highest BCUT2D eigenvalue weighted by molar-refractivity contribution is 6.68. The van der Waals surface area contributed by atoms with Crippen molar-refractivity contribution in [1.82, 2.24) is 0 Å². The van der Waals surface area contributed by atoms with E-state index in [1.165, 1.54) is 19.3 Å². The molecule has 170 valence electrons. The summed E-state index contributed by atoms with van der Waals surface area (Å²) < 4.78 is 37.2. The zero-order valence-electron chi connectivity index (χ0n) is 19.5. The number of unbranched alkanes of at least 4 members (excludes halogenated alkanes) is 3. The van der Waals surface area contributed by atoms with Crippen molar-refractivity contribution in [2.24, 2.45) is 0 Å². The predicted molar refractivity (Wildman–Crippen MR) is 119 cm³/mol. The second-order valence-corrected chi connectivity index (χ2v) is 12.2. The van der Waals surface area contributed by atoms with Gasteiger partial charge in [0.25, 0.3) is 0 Å². The van der Waals surface area contributed by atoms with E-state index in [4.69, 9.17) is 26.6 Å². The summed E-state index contributed by atoms with van der Waals surface area (Å²) in [5.41, 5.74) is 0.112. The summed E-state index contributed by atoms with van der Waals surface area (Å²) in [5.74, 6) is 0. The molecule has 0 aliphatic heterocycles. The molecule has 0 heterocycles. The highest BCUT2D eigenvalue weighted by Crippen LogP contribution is 2.39. The Balaban J connectivity index is 5.79. The molecule has 28 heavy (non-hydrogen) atoms. The van der Waals surface area contributed by atoms with Crippen molar-refractivity contribution in [3.05, 3.63) is 0 Å². The maximum atomic E-state index is 6.26. The van der Waals surface area contributed by atoms with Crippen LogP contribution in [0.2, 0.25) is 11.6 Å². The van der Waals surface area contributed by atoms with Gasteiger partial charge in [-0.2, -0.15) is 0 Å². The summed E-state index contributed by atoms with van der Waals surface area (Å²) in [4.78, 5) is 0. The van der Waals surface area contributed by atoms with Gasteiger partial charge in [0.1, 0.15) is 0 Å². The van der Waals surface area contributed by atoms with Gasteiger partial charge in [-0.05, 0) is 48.0 Å². The molecule has 6 nitrogen and oxygen atoms in total. The van der Waals surface area contributed by atoms with Gasteiger partial charge >= 0.3 is 17.6 Å². The van der Waals surface area contributed by atoms with E-state index >= 15 is 0 Å². The lowest BCUT2D eigenvalue weighted by Gasteiger charge is -2.39. The highest BCUT2D eigenvalue weighted by Gasteiger charge is 2.55. The van der Waals surface area contributed by atoms with E-state index in [2.05, 4.69) is 6.92 Å². The minimum atomic E-state index is -2.89. The summed E-state index contributed by atoms with van der Waals surface area (Å²) >= 11 is 0. The van der Waals surface area contributed by atoms with Gasteiger partial charge in [-0.1, -0.05) is 32.6 Å². The standard InChI is InChI=1S/C20H46O6Si2/c1-8-15-16-17-18-20(28(24-12-5,25-13-6)26-14-7)19-27(21-9-2,22-10-3)23-11-4/h20H,8-19H2,1-7H3. The van der Waals surface area contributed by atoms with Gasteiger partial charge < -0.3 is 26.6 Å². The SMILES string of the molecule is CCCCCCC(C[Si](OCC)(OCC)OCC)[Si](OCC)(OCC)OCC. The van der Waals surface area contributed by atoms with Gasteiger partial charge in [0.2, 0.25) is 0 Å². The lowest BCUT2D eigenvalue weighted by atomic mass is 10.1. The van der Waals surface area contributed by atoms with E-state index in [0.717, 1.165) is 12.8 Å². The van der Waals surface area contributed by atoms with Crippen LogP contribution in [0.1, 0.15) is 80.6 Å². The Labute approximate surface area is 176 Å². The molecule has 0 radical (unpaired) electrons. The first-order chi connectivity index (χ1) is 13.5. The van der Waals surface area contributed by atoms with Crippen LogP contribution in [-0.4, -0.2) is 57.3 Å². The van der Waals surface area contributed by atoms with E-state index in [9.17, 15) is 0 Å². The quantitative estimate of drug-likeness (QED) is 0.187. The molecule has 1 atom stereocenters. The Morgan fingerprint density at radius 2 is 0.964 bits per heavy atom. The summed E-state index contributed by atoms with van der Waals surface area (Å²) in [6, 6.07) is 0.681. The number of hydrogen-bond acceptors (Lipinski definition) is 6. The molecule has 0 N–H and O–H groups in total. The van der Waals surface area contributed by atoms with Crippen LogP contribution in [0.5, 0.6) is 0 Å². The van der Waals surface area contributed by atoms with Crippen LogP contribution in [0, 0.1) is 0 Å². The van der Waals surface area contributed by atoms with E-state index in [-0.39, 0.29) is 5.54 Å². The minimum absolute atomic E-state index is 0.112. The van der Waals surface area contributed by atoms with Crippen molar-refractivity contribution in [3.8, 4) is 0 Å². The Morgan fingerprint density at radius 3 is 1.32 bits per heavy atom. The molecule has 0 amide bonds. The maximum Gasteiger partial charge on any atom is 0.504 e. The largest absolute Gasteiger partial charge is 0.504 e. The fraction of sp³-hybridized carbons (Fsp3) is 1.00. The van der Waals surface area contributed by atoms with Crippen molar-refractivity contribution in [1.29, 1.82) is 0 Å². The molecule has 0 bridgehead atoms. The minimum Gasteiger partial charge on any atom is -0.374 e. The monoisotopic (exact) mass is 438 g/mol. The average molecular weight is 439 g/mol. The van der Waals surface area contributed by atoms with Gasteiger partial charge in [0.05, 0.1) is 0 Å². The normalized spacial score (nSPS) is 13.8. The average Bonchev–Trinajstić information content (AvgIpc) is 2.65. The summed E-state index contributed by atoms with van der Waals surface area (Å²) in [6.07, 6.45) is 5.76. The van der Waals surface area contributed by atoms with E-state index in [1.54, 1.807) is 0 Å². The van der Waals surface area contributed by atoms with Crippen molar-refractivity contribution < 1.29 is 26.6 Å².